The Balaban J connectivity index is 1.62. The molecule has 0 N–H and O–H groups in total. The number of pyridine rings is 1. The number of hydrogen-bond acceptors (Lipinski definition) is 3. The summed E-state index contributed by atoms with van der Waals surface area (Å²) >= 11 is 0. The maximum Gasteiger partial charge on any atom is 0.253 e. The van der Waals surface area contributed by atoms with Gasteiger partial charge in [0.25, 0.3) is 5.91 Å². The molecule has 4 rings (SSSR count). The highest BCUT2D eigenvalue weighted by molar-refractivity contribution is 5.98. The molecule has 0 spiro atoms. The molecule has 0 aliphatic carbocycles. The predicted molar refractivity (Wildman–Crippen MR) is 98.5 cm³/mol. The van der Waals surface area contributed by atoms with E-state index < -0.39 is 0 Å². The summed E-state index contributed by atoms with van der Waals surface area (Å²) < 4.78 is 5.58. The first-order valence-electron chi connectivity index (χ1n) is 8.20. The Labute approximate surface area is 145 Å². The largest absolute Gasteiger partial charge is 0.461 e. The second-order valence-corrected chi connectivity index (χ2v) is 6.26. The Morgan fingerprint density at radius 3 is 2.88 bits per heavy atom. The second kappa shape index (κ2) is 6.06. The van der Waals surface area contributed by atoms with Gasteiger partial charge >= 0.3 is 0 Å². The lowest BCUT2D eigenvalue weighted by Gasteiger charge is -2.18. The average Bonchev–Trinajstić information content (AvgIpc) is 3.00. The van der Waals surface area contributed by atoms with Crippen molar-refractivity contribution < 1.29 is 9.21 Å². The number of nitrogens with zero attached hydrogens (tertiary/aromatic N) is 2. The van der Waals surface area contributed by atoms with Crippen LogP contribution in [-0.2, 0) is 6.54 Å². The van der Waals surface area contributed by atoms with Gasteiger partial charge < -0.3 is 9.32 Å². The third kappa shape index (κ3) is 2.87. The van der Waals surface area contributed by atoms with Crippen LogP contribution in [0.2, 0.25) is 0 Å². The second-order valence-electron chi connectivity index (χ2n) is 6.26. The Bertz CT molecular complexity index is 1080. The van der Waals surface area contributed by atoms with E-state index in [0.29, 0.717) is 12.1 Å². The van der Waals surface area contributed by atoms with Crippen molar-refractivity contribution in [1.82, 2.24) is 9.88 Å². The fourth-order valence-corrected chi connectivity index (χ4v) is 3.16. The highest BCUT2D eigenvalue weighted by atomic mass is 16.3. The van der Waals surface area contributed by atoms with Gasteiger partial charge in [0, 0.05) is 36.1 Å². The third-order valence-electron chi connectivity index (χ3n) is 4.38. The summed E-state index contributed by atoms with van der Waals surface area (Å²) in [4.78, 5) is 18.9. The van der Waals surface area contributed by atoms with Crippen LogP contribution in [0.5, 0.6) is 0 Å². The number of rotatable bonds is 3. The van der Waals surface area contributed by atoms with Crippen LogP contribution in [-0.4, -0.2) is 22.8 Å². The van der Waals surface area contributed by atoms with Crippen LogP contribution in [0.1, 0.15) is 21.7 Å². The van der Waals surface area contributed by atoms with E-state index in [1.807, 2.05) is 68.6 Å². The molecule has 1 amide bonds. The quantitative estimate of drug-likeness (QED) is 0.553. The van der Waals surface area contributed by atoms with Crippen molar-refractivity contribution in [3.8, 4) is 0 Å². The van der Waals surface area contributed by atoms with Crippen molar-refractivity contribution in [3.05, 3.63) is 77.7 Å². The van der Waals surface area contributed by atoms with Gasteiger partial charge in [0.1, 0.15) is 11.3 Å². The molecule has 2 heterocycles. The van der Waals surface area contributed by atoms with Gasteiger partial charge in [-0.25, -0.2) is 0 Å². The number of fused-ring (bicyclic) bond motifs is 2. The molecule has 0 unspecified atom stereocenters. The lowest BCUT2D eigenvalue weighted by atomic mass is 10.1. The lowest BCUT2D eigenvalue weighted by Crippen LogP contribution is -2.26. The first-order valence-corrected chi connectivity index (χ1v) is 8.20. The fourth-order valence-electron chi connectivity index (χ4n) is 3.16. The first-order chi connectivity index (χ1) is 12.1. The Hall–Kier alpha value is -3.14. The molecule has 0 saturated heterocycles. The molecule has 0 atom stereocenters. The highest BCUT2D eigenvalue weighted by Crippen LogP contribution is 2.22. The molecule has 4 aromatic rings. The third-order valence-corrected chi connectivity index (χ3v) is 4.38. The highest BCUT2D eigenvalue weighted by Gasteiger charge is 2.14. The summed E-state index contributed by atoms with van der Waals surface area (Å²) in [6, 6.07) is 17.5. The van der Waals surface area contributed by atoms with Gasteiger partial charge in [-0.3, -0.25) is 9.78 Å². The normalized spacial score (nSPS) is 11.1. The van der Waals surface area contributed by atoms with Crippen molar-refractivity contribution in [2.45, 2.75) is 13.5 Å². The molecule has 124 valence electrons. The fraction of sp³-hybridized carbons (Fsp3) is 0.143. The average molecular weight is 330 g/mol. The van der Waals surface area contributed by atoms with Gasteiger partial charge in [-0.15, -0.1) is 0 Å². The van der Waals surface area contributed by atoms with Gasteiger partial charge in [0.15, 0.2) is 0 Å². The van der Waals surface area contributed by atoms with Crippen molar-refractivity contribution in [3.63, 3.8) is 0 Å². The molecular weight excluding hydrogens is 312 g/mol. The van der Waals surface area contributed by atoms with Crippen LogP contribution < -0.4 is 0 Å². The summed E-state index contributed by atoms with van der Waals surface area (Å²) in [6.07, 6.45) is 1.78. The molecule has 0 radical (unpaired) electrons. The summed E-state index contributed by atoms with van der Waals surface area (Å²) in [5.41, 5.74) is 3.49. The molecule has 25 heavy (non-hydrogen) atoms. The Morgan fingerprint density at radius 1 is 1.12 bits per heavy atom. The molecule has 4 nitrogen and oxygen atoms in total. The SMILES string of the molecule is Cc1cc2cc(C(=O)N(C)Cc3cccc4ncccc34)ccc2o1. The van der Waals surface area contributed by atoms with E-state index in [-0.39, 0.29) is 5.91 Å². The number of aryl methyl sites for hydroxylation is 1. The molecule has 2 aromatic heterocycles. The topological polar surface area (TPSA) is 46.3 Å². The number of furan rings is 1. The lowest BCUT2D eigenvalue weighted by molar-refractivity contribution is 0.0786. The van der Waals surface area contributed by atoms with E-state index in [0.717, 1.165) is 33.2 Å². The summed E-state index contributed by atoms with van der Waals surface area (Å²) in [7, 11) is 1.82. The number of hydrogen-bond donors (Lipinski definition) is 0. The summed E-state index contributed by atoms with van der Waals surface area (Å²) in [5, 5.41) is 2.02. The zero-order chi connectivity index (χ0) is 17.4. The van der Waals surface area contributed by atoms with E-state index in [4.69, 9.17) is 4.42 Å². The van der Waals surface area contributed by atoms with Crippen molar-refractivity contribution in [1.29, 1.82) is 0 Å². The van der Waals surface area contributed by atoms with Crippen molar-refractivity contribution in [2.75, 3.05) is 7.05 Å². The van der Waals surface area contributed by atoms with Crippen LogP contribution in [0.15, 0.2) is 65.2 Å². The van der Waals surface area contributed by atoms with Crippen LogP contribution in [0, 0.1) is 6.92 Å². The molecule has 2 aromatic carbocycles. The minimum atomic E-state index is -0.0124. The zero-order valence-corrected chi connectivity index (χ0v) is 14.2. The van der Waals surface area contributed by atoms with Crippen LogP contribution in [0.4, 0.5) is 0 Å². The van der Waals surface area contributed by atoms with Gasteiger partial charge in [-0.05, 0) is 48.9 Å². The van der Waals surface area contributed by atoms with Gasteiger partial charge in [-0.2, -0.15) is 0 Å². The van der Waals surface area contributed by atoms with E-state index in [1.54, 1.807) is 11.1 Å². The minimum Gasteiger partial charge on any atom is -0.461 e. The summed E-state index contributed by atoms with van der Waals surface area (Å²) in [5.74, 6) is 0.831. The summed E-state index contributed by atoms with van der Waals surface area (Å²) in [6.45, 7) is 2.44. The number of aromatic nitrogens is 1. The van der Waals surface area contributed by atoms with Crippen LogP contribution in [0.25, 0.3) is 21.9 Å². The maximum atomic E-state index is 12.8. The smallest absolute Gasteiger partial charge is 0.253 e. The first kappa shape index (κ1) is 15.4. The number of benzene rings is 2. The number of carbonyl (C=O) groups is 1. The molecule has 4 heteroatoms. The molecule has 0 aliphatic rings. The Kier molecular flexibility index (Phi) is 3.73. The van der Waals surface area contributed by atoms with Crippen molar-refractivity contribution >= 4 is 27.8 Å². The van der Waals surface area contributed by atoms with Crippen LogP contribution in [0.3, 0.4) is 0 Å². The minimum absolute atomic E-state index is 0.0124. The Morgan fingerprint density at radius 2 is 2.00 bits per heavy atom. The predicted octanol–water partition coefficient (Wildman–Crippen LogP) is 4.56. The molecular formula is C21H18N2O2. The molecule has 0 saturated carbocycles. The molecule has 0 aliphatic heterocycles. The maximum absolute atomic E-state index is 12.8. The zero-order valence-electron chi connectivity index (χ0n) is 14.2. The van der Waals surface area contributed by atoms with Crippen molar-refractivity contribution in [2.24, 2.45) is 0 Å². The van der Waals surface area contributed by atoms with E-state index in [2.05, 4.69) is 4.98 Å². The monoisotopic (exact) mass is 330 g/mol. The standard InChI is InChI=1S/C21H18N2O2/c1-14-11-17-12-15(8-9-20(17)25-14)21(24)23(2)13-16-5-3-7-19-18(16)6-4-10-22-19/h3-12H,13H2,1-2H3. The van der Waals surface area contributed by atoms with E-state index >= 15 is 0 Å². The number of carbonyl (C=O) groups excluding carboxylic acids is 1. The van der Waals surface area contributed by atoms with E-state index in [1.165, 1.54) is 0 Å². The molecule has 0 fully saturated rings. The van der Waals surface area contributed by atoms with Crippen LogP contribution >= 0.6 is 0 Å². The van der Waals surface area contributed by atoms with E-state index in [9.17, 15) is 4.79 Å². The van der Waals surface area contributed by atoms with Gasteiger partial charge in [0.05, 0.1) is 5.52 Å². The molecule has 0 bridgehead atoms. The number of amides is 1. The van der Waals surface area contributed by atoms with Gasteiger partial charge in [-0.1, -0.05) is 18.2 Å². The van der Waals surface area contributed by atoms with Gasteiger partial charge in [0.2, 0.25) is 0 Å².